The SMILES string of the molecule is N#[N+]c1cc2ccccc2[nH]1. The smallest absolute Gasteiger partial charge is 0.223 e. The third kappa shape index (κ3) is 0.849. The van der Waals surface area contributed by atoms with Gasteiger partial charge in [-0.3, -0.25) is 0 Å². The van der Waals surface area contributed by atoms with Crippen LogP contribution in [0.2, 0.25) is 0 Å². The summed E-state index contributed by atoms with van der Waals surface area (Å²) in [6.45, 7) is 0. The second-order valence-corrected chi connectivity index (χ2v) is 2.34. The van der Waals surface area contributed by atoms with Gasteiger partial charge in [0.25, 0.3) is 0 Å². The van der Waals surface area contributed by atoms with E-state index in [1.807, 2.05) is 24.3 Å². The molecule has 2 rings (SSSR count). The quantitative estimate of drug-likeness (QED) is 0.567. The summed E-state index contributed by atoms with van der Waals surface area (Å²) in [7, 11) is 0. The summed E-state index contributed by atoms with van der Waals surface area (Å²) >= 11 is 0. The lowest BCUT2D eigenvalue weighted by molar-refractivity contribution is 1.40. The Kier molecular flexibility index (Phi) is 1.13. The van der Waals surface area contributed by atoms with Gasteiger partial charge in [-0.25, -0.2) is 4.98 Å². The van der Waals surface area contributed by atoms with Gasteiger partial charge < -0.3 is 0 Å². The van der Waals surface area contributed by atoms with Crippen LogP contribution in [0, 0.1) is 5.39 Å². The number of hydrogen-bond acceptors (Lipinski definition) is 1. The van der Waals surface area contributed by atoms with E-state index in [9.17, 15) is 0 Å². The molecule has 1 heterocycles. The predicted molar refractivity (Wildman–Crippen MR) is 43.0 cm³/mol. The van der Waals surface area contributed by atoms with Crippen LogP contribution in [0.4, 0.5) is 5.82 Å². The second-order valence-electron chi connectivity index (χ2n) is 2.34. The Bertz CT molecular complexity index is 389. The highest BCUT2D eigenvalue weighted by molar-refractivity contribution is 5.83. The maximum Gasteiger partial charge on any atom is 0.423 e. The summed E-state index contributed by atoms with van der Waals surface area (Å²) in [5.74, 6) is 0.492. The first-order valence-electron chi connectivity index (χ1n) is 3.33. The minimum absolute atomic E-state index is 0.492. The molecule has 0 atom stereocenters. The number of H-pyrrole nitrogens is 1. The fraction of sp³-hybridized carbons (Fsp3) is 0. The van der Waals surface area contributed by atoms with Gasteiger partial charge in [-0.1, -0.05) is 18.2 Å². The summed E-state index contributed by atoms with van der Waals surface area (Å²) in [5.41, 5.74) is 0.986. The lowest BCUT2D eigenvalue weighted by Gasteiger charge is -1.78. The second kappa shape index (κ2) is 2.10. The normalized spacial score (nSPS) is 9.73. The monoisotopic (exact) mass is 144 g/mol. The van der Waals surface area contributed by atoms with Crippen molar-refractivity contribution in [2.45, 2.75) is 0 Å². The van der Waals surface area contributed by atoms with Crippen LogP contribution < -0.4 is 0 Å². The molecule has 0 aliphatic heterocycles. The maximum atomic E-state index is 8.43. The van der Waals surface area contributed by atoms with E-state index in [0.29, 0.717) is 5.82 Å². The lowest BCUT2D eigenvalue weighted by Crippen LogP contribution is -1.62. The summed E-state index contributed by atoms with van der Waals surface area (Å²) in [4.78, 5) is 5.98. The molecule has 0 aliphatic rings. The van der Waals surface area contributed by atoms with Crippen molar-refractivity contribution in [3.63, 3.8) is 0 Å². The van der Waals surface area contributed by atoms with E-state index >= 15 is 0 Å². The summed E-state index contributed by atoms with van der Waals surface area (Å²) in [6, 6.07) is 9.55. The Morgan fingerprint density at radius 1 is 1.27 bits per heavy atom. The minimum atomic E-state index is 0.492. The van der Waals surface area contributed by atoms with Crippen LogP contribution in [0.1, 0.15) is 0 Å². The van der Waals surface area contributed by atoms with Crippen molar-refractivity contribution in [2.24, 2.45) is 0 Å². The molecule has 0 bridgehead atoms. The number of aromatic amines is 1. The van der Waals surface area contributed by atoms with Crippen molar-refractivity contribution >= 4 is 16.7 Å². The number of para-hydroxylation sites is 1. The Morgan fingerprint density at radius 2 is 2.09 bits per heavy atom. The first-order chi connectivity index (χ1) is 5.40. The number of hydrogen-bond donors (Lipinski definition) is 1. The van der Waals surface area contributed by atoms with Crippen molar-refractivity contribution in [1.29, 1.82) is 5.39 Å². The van der Waals surface area contributed by atoms with E-state index in [2.05, 4.69) is 9.96 Å². The average Bonchev–Trinajstić information content (AvgIpc) is 2.46. The van der Waals surface area contributed by atoms with E-state index in [1.165, 1.54) is 0 Å². The fourth-order valence-corrected chi connectivity index (χ4v) is 1.11. The van der Waals surface area contributed by atoms with Gasteiger partial charge >= 0.3 is 5.82 Å². The maximum absolute atomic E-state index is 8.43. The van der Waals surface area contributed by atoms with Crippen LogP contribution in [-0.4, -0.2) is 4.98 Å². The van der Waals surface area contributed by atoms with Gasteiger partial charge in [0.2, 0.25) is 0 Å². The summed E-state index contributed by atoms with van der Waals surface area (Å²) in [5, 5.41) is 9.49. The van der Waals surface area contributed by atoms with E-state index in [0.717, 1.165) is 10.9 Å². The van der Waals surface area contributed by atoms with E-state index in [4.69, 9.17) is 5.39 Å². The van der Waals surface area contributed by atoms with Gasteiger partial charge in [0.15, 0.2) is 0 Å². The van der Waals surface area contributed by atoms with Gasteiger partial charge in [0, 0.05) is 10.4 Å². The molecule has 1 aromatic heterocycles. The molecule has 2 aromatic rings. The molecule has 3 heteroatoms. The largest absolute Gasteiger partial charge is 0.423 e. The highest BCUT2D eigenvalue weighted by Gasteiger charge is 2.06. The lowest BCUT2D eigenvalue weighted by atomic mass is 10.3. The predicted octanol–water partition coefficient (Wildman–Crippen LogP) is 2.65. The minimum Gasteiger partial charge on any atom is -0.223 e. The number of benzene rings is 1. The zero-order valence-corrected chi connectivity index (χ0v) is 5.78. The van der Waals surface area contributed by atoms with E-state index in [-0.39, 0.29) is 0 Å². The van der Waals surface area contributed by atoms with Crippen molar-refractivity contribution in [3.05, 3.63) is 35.3 Å². The zero-order chi connectivity index (χ0) is 7.68. The molecular formula is C8H6N3+. The van der Waals surface area contributed by atoms with Crippen LogP contribution in [0.25, 0.3) is 15.9 Å². The molecule has 0 amide bonds. The molecule has 0 unspecified atom stereocenters. The van der Waals surface area contributed by atoms with Crippen LogP contribution in [0.15, 0.2) is 30.3 Å². The highest BCUT2D eigenvalue weighted by Crippen LogP contribution is 2.19. The van der Waals surface area contributed by atoms with Gasteiger partial charge in [-0.05, 0) is 6.07 Å². The Balaban J connectivity index is 2.81. The Hall–Kier alpha value is -1.82. The molecule has 52 valence electrons. The number of rotatable bonds is 0. The van der Waals surface area contributed by atoms with Crippen molar-refractivity contribution < 1.29 is 0 Å². The van der Waals surface area contributed by atoms with Gasteiger partial charge in [0.05, 0.1) is 11.5 Å². The number of aromatic nitrogens is 1. The first kappa shape index (κ1) is 5.93. The molecule has 0 fully saturated rings. The van der Waals surface area contributed by atoms with Crippen molar-refractivity contribution in [1.82, 2.24) is 4.98 Å². The highest BCUT2D eigenvalue weighted by atomic mass is 15.0. The zero-order valence-electron chi connectivity index (χ0n) is 5.78. The van der Waals surface area contributed by atoms with Crippen LogP contribution in [-0.2, 0) is 0 Å². The Morgan fingerprint density at radius 3 is 2.82 bits per heavy atom. The Labute approximate surface area is 63.3 Å². The molecule has 0 radical (unpaired) electrons. The van der Waals surface area contributed by atoms with Crippen LogP contribution >= 0.6 is 0 Å². The van der Waals surface area contributed by atoms with Gasteiger partial charge in [-0.15, -0.1) is 0 Å². The number of nitrogens with zero attached hydrogens (tertiary/aromatic N) is 2. The van der Waals surface area contributed by atoms with Crippen LogP contribution in [0.3, 0.4) is 0 Å². The fourth-order valence-electron chi connectivity index (χ4n) is 1.11. The molecule has 3 nitrogen and oxygen atoms in total. The molecule has 0 aliphatic carbocycles. The standard InChI is InChI=1S/C8H6N3/c9-11-8-5-6-3-1-2-4-7(6)10-8/h1-5,10H/q+1. The first-order valence-corrected chi connectivity index (χ1v) is 3.33. The third-order valence-electron chi connectivity index (χ3n) is 1.62. The molecular weight excluding hydrogens is 138 g/mol. The van der Waals surface area contributed by atoms with Gasteiger partial charge in [0.1, 0.15) is 5.52 Å². The van der Waals surface area contributed by atoms with E-state index < -0.39 is 0 Å². The molecule has 0 saturated carbocycles. The number of nitrogens with one attached hydrogen (secondary N) is 1. The topological polar surface area (TPSA) is 43.9 Å². The molecule has 1 aromatic carbocycles. The van der Waals surface area contributed by atoms with E-state index in [1.54, 1.807) is 6.07 Å². The van der Waals surface area contributed by atoms with Gasteiger partial charge in [-0.2, -0.15) is 0 Å². The molecule has 0 spiro atoms. The van der Waals surface area contributed by atoms with Crippen LogP contribution in [0.5, 0.6) is 0 Å². The summed E-state index contributed by atoms with van der Waals surface area (Å²) < 4.78 is 0. The molecule has 0 saturated heterocycles. The van der Waals surface area contributed by atoms with Crippen molar-refractivity contribution in [2.75, 3.05) is 0 Å². The molecule has 1 N–H and O–H groups in total. The average molecular weight is 144 g/mol. The number of diazo groups is 1. The van der Waals surface area contributed by atoms with Crippen molar-refractivity contribution in [3.8, 4) is 0 Å². The number of fused-ring (bicyclic) bond motifs is 1. The third-order valence-corrected chi connectivity index (χ3v) is 1.62. The summed E-state index contributed by atoms with van der Waals surface area (Å²) in [6.07, 6.45) is 0. The molecule has 11 heavy (non-hydrogen) atoms.